The Morgan fingerprint density at radius 3 is 2.50 bits per heavy atom. The number of rotatable bonds is 8. The Bertz CT molecular complexity index is 1210. The van der Waals surface area contributed by atoms with Crippen molar-refractivity contribution in [3.63, 3.8) is 0 Å². The van der Waals surface area contributed by atoms with Crippen molar-refractivity contribution >= 4 is 40.4 Å². The molecule has 1 fully saturated rings. The standard InChI is InChI=1S/C29H31ClN2O3S/c1-20-8-10-24(18-25(20)30)31-28(33)19-35-26-11-9-23(17-27(26)34-2)29(36)32-14-12-22(13-15-32)16-21-6-4-3-5-7-21/h3-11,17-18,22H,12-16,19H2,1-2H3,(H,31,33). The highest BCUT2D eigenvalue weighted by atomic mass is 35.5. The molecule has 0 aromatic heterocycles. The van der Waals surface area contributed by atoms with Gasteiger partial charge in [0.1, 0.15) is 4.99 Å². The summed E-state index contributed by atoms with van der Waals surface area (Å²) in [6.45, 7) is 3.65. The number of nitrogens with zero attached hydrogens (tertiary/aromatic N) is 1. The van der Waals surface area contributed by atoms with Crippen molar-refractivity contribution < 1.29 is 14.3 Å². The second-order valence-corrected chi connectivity index (χ2v) is 9.89. The van der Waals surface area contributed by atoms with Gasteiger partial charge in [-0.2, -0.15) is 0 Å². The average molecular weight is 523 g/mol. The largest absolute Gasteiger partial charge is 0.493 e. The first-order chi connectivity index (χ1) is 17.4. The van der Waals surface area contributed by atoms with E-state index in [0.717, 1.165) is 48.5 Å². The number of ether oxygens (including phenoxy) is 2. The van der Waals surface area contributed by atoms with E-state index in [2.05, 4.69) is 40.5 Å². The fourth-order valence-corrected chi connectivity index (χ4v) is 4.89. The summed E-state index contributed by atoms with van der Waals surface area (Å²) in [5.41, 5.74) is 3.88. The van der Waals surface area contributed by atoms with E-state index in [1.165, 1.54) is 5.56 Å². The first-order valence-electron chi connectivity index (χ1n) is 12.1. The molecule has 1 heterocycles. The lowest BCUT2D eigenvalue weighted by molar-refractivity contribution is -0.118. The quantitative estimate of drug-likeness (QED) is 0.351. The van der Waals surface area contributed by atoms with Crippen molar-refractivity contribution in [3.8, 4) is 11.5 Å². The van der Waals surface area contributed by atoms with Gasteiger partial charge in [-0.05, 0) is 73.6 Å². The van der Waals surface area contributed by atoms with Gasteiger partial charge in [0.25, 0.3) is 5.91 Å². The molecule has 3 aromatic rings. The van der Waals surface area contributed by atoms with Crippen LogP contribution in [0.15, 0.2) is 66.7 Å². The summed E-state index contributed by atoms with van der Waals surface area (Å²) in [6.07, 6.45) is 3.36. The van der Waals surface area contributed by atoms with Crippen LogP contribution in [-0.4, -0.2) is 42.6 Å². The topological polar surface area (TPSA) is 50.8 Å². The molecule has 1 saturated heterocycles. The van der Waals surface area contributed by atoms with Crippen LogP contribution in [0.25, 0.3) is 0 Å². The molecule has 1 aliphatic rings. The summed E-state index contributed by atoms with van der Waals surface area (Å²) in [5.74, 6) is 1.43. The van der Waals surface area contributed by atoms with E-state index in [-0.39, 0.29) is 12.5 Å². The third-order valence-electron chi connectivity index (χ3n) is 6.49. The Kier molecular flexibility index (Phi) is 8.83. The molecule has 188 valence electrons. The number of nitrogens with one attached hydrogen (secondary N) is 1. The van der Waals surface area contributed by atoms with Crippen molar-refractivity contribution in [1.29, 1.82) is 0 Å². The lowest BCUT2D eigenvalue weighted by Gasteiger charge is -2.34. The van der Waals surface area contributed by atoms with Crippen LogP contribution in [0.1, 0.15) is 29.5 Å². The number of carbonyl (C=O) groups excluding carboxylic acids is 1. The molecule has 0 bridgehead atoms. The number of hydrogen-bond acceptors (Lipinski definition) is 4. The van der Waals surface area contributed by atoms with E-state index in [0.29, 0.717) is 28.1 Å². The molecule has 0 spiro atoms. The highest BCUT2D eigenvalue weighted by Crippen LogP contribution is 2.30. The Morgan fingerprint density at radius 1 is 1.06 bits per heavy atom. The minimum absolute atomic E-state index is 0.152. The fraction of sp³-hybridized carbons (Fsp3) is 0.310. The van der Waals surface area contributed by atoms with Crippen LogP contribution < -0.4 is 14.8 Å². The Labute approximate surface area is 223 Å². The zero-order valence-electron chi connectivity index (χ0n) is 20.6. The molecule has 0 unspecified atom stereocenters. The number of anilines is 1. The van der Waals surface area contributed by atoms with Crippen LogP contribution in [-0.2, 0) is 11.2 Å². The van der Waals surface area contributed by atoms with Crippen LogP contribution in [0.4, 0.5) is 5.69 Å². The number of methoxy groups -OCH3 is 1. The van der Waals surface area contributed by atoms with Crippen molar-refractivity contribution in [2.75, 3.05) is 32.1 Å². The molecule has 0 saturated carbocycles. The Balaban J connectivity index is 1.31. The van der Waals surface area contributed by atoms with Gasteiger partial charge >= 0.3 is 0 Å². The summed E-state index contributed by atoms with van der Waals surface area (Å²) in [6, 6.07) is 21.7. The van der Waals surface area contributed by atoms with Gasteiger partial charge in [-0.1, -0.05) is 60.2 Å². The molecule has 1 amide bonds. The van der Waals surface area contributed by atoms with Crippen molar-refractivity contribution in [1.82, 2.24) is 4.90 Å². The summed E-state index contributed by atoms with van der Waals surface area (Å²) in [5, 5.41) is 3.39. The number of benzene rings is 3. The Hall–Kier alpha value is -3.09. The van der Waals surface area contributed by atoms with Gasteiger partial charge in [-0.25, -0.2) is 0 Å². The van der Waals surface area contributed by atoms with Crippen LogP contribution in [0.3, 0.4) is 0 Å². The fourth-order valence-electron chi connectivity index (χ4n) is 4.40. The van der Waals surface area contributed by atoms with E-state index >= 15 is 0 Å². The molecule has 7 heteroatoms. The van der Waals surface area contributed by atoms with Gasteiger partial charge in [0.15, 0.2) is 18.1 Å². The molecule has 3 aromatic carbocycles. The lowest BCUT2D eigenvalue weighted by Crippen LogP contribution is -2.38. The van der Waals surface area contributed by atoms with Crippen molar-refractivity contribution in [2.45, 2.75) is 26.2 Å². The van der Waals surface area contributed by atoms with E-state index in [1.807, 2.05) is 25.1 Å². The molecule has 0 aliphatic carbocycles. The molecule has 1 N–H and O–H groups in total. The predicted molar refractivity (Wildman–Crippen MR) is 149 cm³/mol. The molecule has 1 aliphatic heterocycles. The molecule has 0 atom stereocenters. The van der Waals surface area contributed by atoms with Gasteiger partial charge < -0.3 is 19.7 Å². The van der Waals surface area contributed by atoms with E-state index in [9.17, 15) is 4.79 Å². The van der Waals surface area contributed by atoms with E-state index in [1.54, 1.807) is 25.3 Å². The van der Waals surface area contributed by atoms with Gasteiger partial charge in [0.2, 0.25) is 0 Å². The van der Waals surface area contributed by atoms with Gasteiger partial charge in [0, 0.05) is 29.4 Å². The summed E-state index contributed by atoms with van der Waals surface area (Å²) < 4.78 is 11.3. The number of hydrogen-bond donors (Lipinski definition) is 1. The van der Waals surface area contributed by atoms with Crippen molar-refractivity contribution in [3.05, 3.63) is 88.4 Å². The first-order valence-corrected chi connectivity index (χ1v) is 12.9. The zero-order chi connectivity index (χ0) is 25.5. The second-order valence-electron chi connectivity index (χ2n) is 9.09. The molecule has 36 heavy (non-hydrogen) atoms. The summed E-state index contributed by atoms with van der Waals surface area (Å²) >= 11 is 11.9. The highest BCUT2D eigenvalue weighted by Gasteiger charge is 2.22. The molecular weight excluding hydrogens is 492 g/mol. The number of halogens is 1. The predicted octanol–water partition coefficient (Wildman–Crippen LogP) is 6.30. The van der Waals surface area contributed by atoms with Crippen LogP contribution in [0.2, 0.25) is 5.02 Å². The lowest BCUT2D eigenvalue weighted by atomic mass is 9.90. The third kappa shape index (κ3) is 6.77. The van der Waals surface area contributed by atoms with Gasteiger partial charge in [-0.3, -0.25) is 4.79 Å². The van der Waals surface area contributed by atoms with Crippen LogP contribution in [0, 0.1) is 12.8 Å². The average Bonchev–Trinajstić information content (AvgIpc) is 2.90. The van der Waals surface area contributed by atoms with E-state index in [4.69, 9.17) is 33.3 Å². The van der Waals surface area contributed by atoms with E-state index < -0.39 is 0 Å². The van der Waals surface area contributed by atoms with Crippen LogP contribution in [0.5, 0.6) is 11.5 Å². The van der Waals surface area contributed by atoms with Crippen molar-refractivity contribution in [2.24, 2.45) is 5.92 Å². The minimum atomic E-state index is -0.282. The normalized spacial score (nSPS) is 13.8. The zero-order valence-corrected chi connectivity index (χ0v) is 22.2. The molecular formula is C29H31ClN2O3S. The second kappa shape index (κ2) is 12.2. The number of likely N-dealkylation sites (tertiary alicyclic amines) is 1. The molecule has 0 radical (unpaired) electrons. The number of aryl methyl sites for hydroxylation is 1. The smallest absolute Gasteiger partial charge is 0.262 e. The number of amides is 1. The number of thiocarbonyl (C=S) groups is 1. The maximum absolute atomic E-state index is 12.4. The molecule has 5 nitrogen and oxygen atoms in total. The third-order valence-corrected chi connectivity index (χ3v) is 7.39. The van der Waals surface area contributed by atoms with Gasteiger partial charge in [-0.15, -0.1) is 0 Å². The number of carbonyl (C=O) groups is 1. The number of piperidine rings is 1. The van der Waals surface area contributed by atoms with Crippen LogP contribution >= 0.6 is 23.8 Å². The maximum atomic E-state index is 12.4. The summed E-state index contributed by atoms with van der Waals surface area (Å²) in [7, 11) is 1.58. The highest BCUT2D eigenvalue weighted by molar-refractivity contribution is 7.80. The Morgan fingerprint density at radius 2 is 1.81 bits per heavy atom. The maximum Gasteiger partial charge on any atom is 0.262 e. The minimum Gasteiger partial charge on any atom is -0.493 e. The molecule has 4 rings (SSSR count). The monoisotopic (exact) mass is 522 g/mol. The SMILES string of the molecule is COc1cc(C(=S)N2CCC(Cc3ccccc3)CC2)ccc1OCC(=O)Nc1ccc(C)c(Cl)c1. The first kappa shape index (κ1) is 26.0. The van der Waals surface area contributed by atoms with Gasteiger partial charge in [0.05, 0.1) is 7.11 Å². The summed E-state index contributed by atoms with van der Waals surface area (Å²) in [4.78, 5) is 15.4.